The normalized spacial score (nSPS) is 22.2. The van der Waals surface area contributed by atoms with Crippen LogP contribution < -0.4 is 5.32 Å². The summed E-state index contributed by atoms with van der Waals surface area (Å²) in [6.45, 7) is 6.33. The van der Waals surface area contributed by atoms with E-state index in [0.717, 1.165) is 13.0 Å². The van der Waals surface area contributed by atoms with Crippen LogP contribution in [0.2, 0.25) is 0 Å². The third kappa shape index (κ3) is 2.57. The van der Waals surface area contributed by atoms with Gasteiger partial charge in [-0.15, -0.1) is 0 Å². The lowest BCUT2D eigenvalue weighted by molar-refractivity contribution is -0.128. The zero-order valence-electron chi connectivity index (χ0n) is 12.4. The monoisotopic (exact) mass is 273 g/mol. The number of hydrogen-bond donors (Lipinski definition) is 1. The predicted octanol–water partition coefficient (Wildman–Crippen LogP) is 1.67. The van der Waals surface area contributed by atoms with E-state index < -0.39 is 0 Å². The molecular weight excluding hydrogens is 250 g/mol. The van der Waals surface area contributed by atoms with E-state index in [-0.39, 0.29) is 11.4 Å². The molecule has 2 aliphatic rings. The number of aromatic nitrogens is 1. The van der Waals surface area contributed by atoms with E-state index in [4.69, 9.17) is 0 Å². The van der Waals surface area contributed by atoms with Crippen molar-refractivity contribution in [3.8, 4) is 0 Å². The molecule has 1 N–H and O–H groups in total. The van der Waals surface area contributed by atoms with E-state index in [1.807, 2.05) is 6.20 Å². The van der Waals surface area contributed by atoms with E-state index >= 15 is 0 Å². The van der Waals surface area contributed by atoms with Gasteiger partial charge in [-0.25, -0.2) is 0 Å². The molecule has 4 nitrogen and oxygen atoms in total. The summed E-state index contributed by atoms with van der Waals surface area (Å²) in [4.78, 5) is 18.5. The van der Waals surface area contributed by atoms with Crippen LogP contribution in [0.25, 0.3) is 0 Å². The lowest BCUT2D eigenvalue weighted by atomic mass is 9.90. The van der Waals surface area contributed by atoms with Crippen LogP contribution in [0.4, 0.5) is 0 Å². The van der Waals surface area contributed by atoms with Crippen molar-refractivity contribution in [3.63, 3.8) is 0 Å². The van der Waals surface area contributed by atoms with E-state index in [1.54, 1.807) is 0 Å². The molecule has 0 spiro atoms. The van der Waals surface area contributed by atoms with Gasteiger partial charge in [-0.3, -0.25) is 14.7 Å². The predicted molar refractivity (Wildman–Crippen MR) is 78.4 cm³/mol. The van der Waals surface area contributed by atoms with Gasteiger partial charge >= 0.3 is 0 Å². The van der Waals surface area contributed by atoms with Crippen molar-refractivity contribution >= 4 is 5.91 Å². The first kappa shape index (κ1) is 13.6. The Hall–Kier alpha value is -1.42. The van der Waals surface area contributed by atoms with E-state index in [9.17, 15) is 4.79 Å². The average Bonchev–Trinajstić information content (AvgIpc) is 2.44. The van der Waals surface area contributed by atoms with Gasteiger partial charge in [-0.05, 0) is 56.7 Å². The Morgan fingerprint density at radius 3 is 3.00 bits per heavy atom. The van der Waals surface area contributed by atoms with Gasteiger partial charge in [0.05, 0.1) is 12.2 Å². The third-order valence-corrected chi connectivity index (χ3v) is 4.61. The van der Waals surface area contributed by atoms with Gasteiger partial charge in [0.15, 0.2) is 0 Å². The highest BCUT2D eigenvalue weighted by molar-refractivity contribution is 5.79. The minimum Gasteiger partial charge on any atom is -0.353 e. The van der Waals surface area contributed by atoms with Crippen molar-refractivity contribution in [1.29, 1.82) is 0 Å². The maximum Gasteiger partial charge on any atom is 0.234 e. The Morgan fingerprint density at radius 1 is 1.35 bits per heavy atom. The molecule has 20 heavy (non-hydrogen) atoms. The van der Waals surface area contributed by atoms with Crippen molar-refractivity contribution in [2.24, 2.45) is 0 Å². The molecule has 1 aromatic heterocycles. The molecule has 4 heteroatoms. The zero-order chi connectivity index (χ0) is 14.2. The van der Waals surface area contributed by atoms with Crippen LogP contribution in [-0.2, 0) is 24.2 Å². The number of aryl methyl sites for hydroxylation is 1. The molecule has 1 fully saturated rings. The minimum atomic E-state index is -0.00696. The van der Waals surface area contributed by atoms with Crippen LogP contribution in [-0.4, -0.2) is 34.4 Å². The highest BCUT2D eigenvalue weighted by Crippen LogP contribution is 2.26. The summed E-state index contributed by atoms with van der Waals surface area (Å²) >= 11 is 0. The third-order valence-electron chi connectivity index (χ3n) is 4.61. The molecule has 1 amide bonds. The van der Waals surface area contributed by atoms with Gasteiger partial charge in [-0.2, -0.15) is 0 Å². The maximum absolute atomic E-state index is 11.7. The number of piperazine rings is 1. The number of carbonyl (C=O) groups is 1. The Kier molecular flexibility index (Phi) is 3.50. The number of nitrogens with zero attached hydrogens (tertiary/aromatic N) is 2. The molecule has 0 unspecified atom stereocenters. The second-order valence-corrected chi connectivity index (χ2v) is 6.55. The molecule has 0 saturated carbocycles. The molecule has 3 rings (SSSR count). The van der Waals surface area contributed by atoms with Gasteiger partial charge in [0.2, 0.25) is 5.91 Å². The fourth-order valence-corrected chi connectivity index (χ4v) is 3.19. The molecule has 0 atom stereocenters. The van der Waals surface area contributed by atoms with Crippen LogP contribution in [0.1, 0.15) is 43.5 Å². The lowest BCUT2D eigenvalue weighted by Crippen LogP contribution is -2.59. The molecule has 0 aromatic carbocycles. The molecule has 1 aromatic rings. The van der Waals surface area contributed by atoms with Crippen LogP contribution in [0.5, 0.6) is 0 Å². The van der Waals surface area contributed by atoms with Crippen LogP contribution >= 0.6 is 0 Å². The first-order valence-electron chi connectivity index (χ1n) is 7.54. The Morgan fingerprint density at radius 2 is 2.15 bits per heavy atom. The topological polar surface area (TPSA) is 45.2 Å². The molecular formula is C16H23N3O. The zero-order valence-corrected chi connectivity index (χ0v) is 12.4. The van der Waals surface area contributed by atoms with Crippen molar-refractivity contribution in [2.45, 2.75) is 51.6 Å². The van der Waals surface area contributed by atoms with Crippen LogP contribution in [0.15, 0.2) is 12.3 Å². The summed E-state index contributed by atoms with van der Waals surface area (Å²) in [6, 6.07) is 2.16. The van der Waals surface area contributed by atoms with Gasteiger partial charge < -0.3 is 5.32 Å². The van der Waals surface area contributed by atoms with Crippen molar-refractivity contribution in [2.75, 3.05) is 13.1 Å². The number of carbonyl (C=O) groups excluding carboxylic acids is 1. The number of amides is 1. The molecule has 1 aliphatic carbocycles. The van der Waals surface area contributed by atoms with E-state index in [2.05, 4.69) is 35.1 Å². The molecule has 0 radical (unpaired) electrons. The fraction of sp³-hybridized carbons (Fsp3) is 0.625. The minimum absolute atomic E-state index is 0.00696. The Balaban J connectivity index is 1.85. The second-order valence-electron chi connectivity index (χ2n) is 6.55. The highest BCUT2D eigenvalue weighted by Gasteiger charge is 2.33. The quantitative estimate of drug-likeness (QED) is 0.891. The first-order chi connectivity index (χ1) is 9.56. The number of fused-ring (bicyclic) bond motifs is 1. The summed E-state index contributed by atoms with van der Waals surface area (Å²) in [7, 11) is 0. The van der Waals surface area contributed by atoms with Gasteiger partial charge in [-0.1, -0.05) is 0 Å². The summed E-state index contributed by atoms with van der Waals surface area (Å²) in [5.41, 5.74) is 4.05. The smallest absolute Gasteiger partial charge is 0.234 e. The number of hydrogen-bond acceptors (Lipinski definition) is 3. The van der Waals surface area contributed by atoms with Crippen molar-refractivity contribution < 1.29 is 4.79 Å². The van der Waals surface area contributed by atoms with Crippen molar-refractivity contribution in [1.82, 2.24) is 15.2 Å². The Bertz CT molecular complexity index is 524. The van der Waals surface area contributed by atoms with Gasteiger partial charge in [0.25, 0.3) is 0 Å². The summed E-state index contributed by atoms with van der Waals surface area (Å²) < 4.78 is 0. The molecule has 1 aliphatic heterocycles. The summed E-state index contributed by atoms with van der Waals surface area (Å²) in [6.07, 6.45) is 6.79. The number of pyridine rings is 1. The fourth-order valence-electron chi connectivity index (χ4n) is 3.19. The van der Waals surface area contributed by atoms with Crippen LogP contribution in [0.3, 0.4) is 0 Å². The second kappa shape index (κ2) is 5.17. The summed E-state index contributed by atoms with van der Waals surface area (Å²) in [5, 5.41) is 2.95. The van der Waals surface area contributed by atoms with Gasteiger partial charge in [0, 0.05) is 24.8 Å². The lowest BCUT2D eigenvalue weighted by Gasteiger charge is -2.42. The highest BCUT2D eigenvalue weighted by atomic mass is 16.2. The number of rotatable bonds is 2. The first-order valence-corrected chi connectivity index (χ1v) is 7.54. The SMILES string of the molecule is CC1(C)CNC(=O)CN1Cc1nccc2c1CCCC2. The van der Waals surface area contributed by atoms with Gasteiger partial charge in [0.1, 0.15) is 0 Å². The molecule has 108 valence electrons. The maximum atomic E-state index is 11.7. The van der Waals surface area contributed by atoms with Crippen molar-refractivity contribution in [3.05, 3.63) is 29.1 Å². The van der Waals surface area contributed by atoms with E-state index in [0.29, 0.717) is 13.1 Å². The summed E-state index contributed by atoms with van der Waals surface area (Å²) in [5.74, 6) is 0.120. The molecule has 1 saturated heterocycles. The van der Waals surface area contributed by atoms with Crippen LogP contribution in [0, 0.1) is 0 Å². The largest absolute Gasteiger partial charge is 0.353 e. The molecule has 2 heterocycles. The van der Waals surface area contributed by atoms with E-state index in [1.165, 1.54) is 36.1 Å². The standard InChI is InChI=1S/C16H23N3O/c1-16(2)11-18-15(20)10-19(16)9-14-13-6-4-3-5-12(13)7-8-17-14/h7-8H,3-6,9-11H2,1-2H3,(H,18,20). The average molecular weight is 273 g/mol. The molecule has 0 bridgehead atoms. The Labute approximate surface area is 120 Å². The number of nitrogens with one attached hydrogen (secondary N) is 1.